The number of primary amides is 1. The number of alkyl halides is 3. The van der Waals surface area contributed by atoms with Crippen LogP contribution in [-0.4, -0.2) is 22.2 Å². The molecule has 0 aliphatic rings. The van der Waals surface area contributed by atoms with Crippen LogP contribution in [0.15, 0.2) is 41.9 Å². The van der Waals surface area contributed by atoms with E-state index in [4.69, 9.17) is 17.3 Å². The van der Waals surface area contributed by atoms with Crippen molar-refractivity contribution < 1.29 is 22.7 Å². The van der Waals surface area contributed by atoms with Crippen LogP contribution in [0.25, 0.3) is 11.3 Å². The molecule has 0 bridgehead atoms. The minimum Gasteiger partial charge on any atom is -0.405 e. The van der Waals surface area contributed by atoms with Crippen LogP contribution in [0.4, 0.5) is 13.2 Å². The summed E-state index contributed by atoms with van der Waals surface area (Å²) in [5, 5.41) is 2.59. The molecule has 3 aromatic rings. The fraction of sp³-hybridized carbons (Fsp3) is 0.118. The number of hydrogen-bond acceptors (Lipinski definition) is 5. The number of pyridine rings is 1. The van der Waals surface area contributed by atoms with Crippen molar-refractivity contribution in [1.29, 1.82) is 0 Å². The maximum Gasteiger partial charge on any atom is 0.573 e. The standard InChI is InChI=1S/C17H11ClF3N3O2S/c18-14-6-9(3-4-23-14)12-8-27-15(24-12)7-11-5-10(16(22)25)1-2-13(11)26-17(19,20)21/h1-6,8H,7H2,(H2,22,25). The SMILES string of the molecule is NC(=O)c1ccc(OC(F)(F)F)c(Cc2nc(-c3ccnc(Cl)c3)cs2)c1. The van der Waals surface area contributed by atoms with Crippen LogP contribution >= 0.6 is 22.9 Å². The summed E-state index contributed by atoms with van der Waals surface area (Å²) in [6.07, 6.45) is -3.29. The summed E-state index contributed by atoms with van der Waals surface area (Å²) in [4.78, 5) is 19.6. The van der Waals surface area contributed by atoms with Gasteiger partial charge in [-0.15, -0.1) is 24.5 Å². The minimum absolute atomic E-state index is 0.0377. The van der Waals surface area contributed by atoms with E-state index >= 15 is 0 Å². The van der Waals surface area contributed by atoms with Crippen LogP contribution in [0, 0.1) is 0 Å². The molecule has 0 fully saturated rings. The second kappa shape index (κ2) is 7.53. The van der Waals surface area contributed by atoms with Crippen LogP contribution in [0.1, 0.15) is 20.9 Å². The molecule has 0 spiro atoms. The second-order valence-corrected chi connectivity index (χ2v) is 6.73. The molecular weight excluding hydrogens is 403 g/mol. The van der Waals surface area contributed by atoms with Gasteiger partial charge in [-0.05, 0) is 30.3 Å². The van der Waals surface area contributed by atoms with Crippen molar-refractivity contribution in [3.05, 3.63) is 63.2 Å². The molecule has 2 N–H and O–H groups in total. The molecule has 27 heavy (non-hydrogen) atoms. The van der Waals surface area contributed by atoms with Gasteiger partial charge in [0, 0.05) is 34.7 Å². The number of nitrogens with zero attached hydrogens (tertiary/aromatic N) is 2. The van der Waals surface area contributed by atoms with Crippen molar-refractivity contribution >= 4 is 28.8 Å². The normalized spacial score (nSPS) is 11.4. The number of benzene rings is 1. The topological polar surface area (TPSA) is 78.1 Å². The number of thiazole rings is 1. The van der Waals surface area contributed by atoms with Gasteiger partial charge in [-0.1, -0.05) is 11.6 Å². The van der Waals surface area contributed by atoms with E-state index in [0.29, 0.717) is 15.9 Å². The molecule has 1 aromatic carbocycles. The lowest BCUT2D eigenvalue weighted by Gasteiger charge is -2.13. The highest BCUT2D eigenvalue weighted by atomic mass is 35.5. The Kier molecular flexibility index (Phi) is 5.33. The smallest absolute Gasteiger partial charge is 0.405 e. The first-order valence-electron chi connectivity index (χ1n) is 7.46. The molecule has 2 heterocycles. The number of rotatable bonds is 5. The first-order chi connectivity index (χ1) is 12.7. The van der Waals surface area contributed by atoms with E-state index in [2.05, 4.69) is 14.7 Å². The zero-order valence-corrected chi connectivity index (χ0v) is 15.0. The summed E-state index contributed by atoms with van der Waals surface area (Å²) >= 11 is 7.12. The van der Waals surface area contributed by atoms with Crippen LogP contribution in [0.2, 0.25) is 5.15 Å². The monoisotopic (exact) mass is 413 g/mol. The number of carbonyl (C=O) groups is 1. The molecule has 0 aliphatic carbocycles. The third-order valence-electron chi connectivity index (χ3n) is 3.49. The van der Waals surface area contributed by atoms with Gasteiger partial charge >= 0.3 is 6.36 Å². The predicted octanol–water partition coefficient (Wildman–Crippen LogP) is 4.45. The number of hydrogen-bond donors (Lipinski definition) is 1. The number of amides is 1. The van der Waals surface area contributed by atoms with Crippen molar-refractivity contribution in [3.8, 4) is 17.0 Å². The molecule has 0 unspecified atom stereocenters. The molecule has 0 radical (unpaired) electrons. The highest BCUT2D eigenvalue weighted by molar-refractivity contribution is 7.10. The van der Waals surface area contributed by atoms with Crippen molar-refractivity contribution in [2.75, 3.05) is 0 Å². The summed E-state index contributed by atoms with van der Waals surface area (Å²) in [5.74, 6) is -1.16. The Balaban J connectivity index is 1.92. The first-order valence-corrected chi connectivity index (χ1v) is 8.72. The van der Waals surface area contributed by atoms with E-state index in [1.165, 1.54) is 29.7 Å². The van der Waals surface area contributed by atoms with Gasteiger partial charge in [0.15, 0.2) is 0 Å². The Morgan fingerprint density at radius 3 is 2.70 bits per heavy atom. The van der Waals surface area contributed by atoms with Crippen LogP contribution in [0.5, 0.6) is 5.75 Å². The Morgan fingerprint density at radius 1 is 1.26 bits per heavy atom. The molecule has 5 nitrogen and oxygen atoms in total. The summed E-state index contributed by atoms with van der Waals surface area (Å²) in [7, 11) is 0. The van der Waals surface area contributed by atoms with Gasteiger partial charge in [-0.3, -0.25) is 4.79 Å². The maximum absolute atomic E-state index is 12.6. The molecule has 10 heteroatoms. The molecule has 2 aromatic heterocycles. The largest absolute Gasteiger partial charge is 0.573 e. The fourth-order valence-electron chi connectivity index (χ4n) is 2.34. The second-order valence-electron chi connectivity index (χ2n) is 5.41. The van der Waals surface area contributed by atoms with Gasteiger partial charge in [0.2, 0.25) is 5.91 Å². The van der Waals surface area contributed by atoms with Crippen LogP contribution < -0.4 is 10.5 Å². The Hall–Kier alpha value is -2.65. The summed E-state index contributed by atoms with van der Waals surface area (Å²) in [6, 6.07) is 6.87. The molecule has 0 aliphatic heterocycles. The van der Waals surface area contributed by atoms with E-state index in [0.717, 1.165) is 11.6 Å². The molecule has 3 rings (SSSR count). The van der Waals surface area contributed by atoms with Gasteiger partial charge in [0.25, 0.3) is 0 Å². The molecular formula is C17H11ClF3N3O2S. The lowest BCUT2D eigenvalue weighted by atomic mass is 10.1. The van der Waals surface area contributed by atoms with E-state index in [1.54, 1.807) is 17.5 Å². The summed E-state index contributed by atoms with van der Waals surface area (Å²) in [5.41, 5.74) is 6.79. The van der Waals surface area contributed by atoms with Gasteiger partial charge in [0.05, 0.1) is 10.7 Å². The average molecular weight is 414 g/mol. The lowest BCUT2D eigenvalue weighted by molar-refractivity contribution is -0.274. The van der Waals surface area contributed by atoms with Gasteiger partial charge < -0.3 is 10.5 Å². The maximum atomic E-state index is 12.6. The number of ether oxygens (including phenoxy) is 1. The number of halogens is 4. The van der Waals surface area contributed by atoms with Gasteiger partial charge in [-0.2, -0.15) is 0 Å². The number of aromatic nitrogens is 2. The summed E-state index contributed by atoms with van der Waals surface area (Å²) < 4.78 is 42.0. The molecule has 0 saturated carbocycles. The predicted molar refractivity (Wildman–Crippen MR) is 94.8 cm³/mol. The zero-order chi connectivity index (χ0) is 19.6. The zero-order valence-electron chi connectivity index (χ0n) is 13.5. The van der Waals surface area contributed by atoms with Crippen molar-refractivity contribution in [2.45, 2.75) is 12.8 Å². The molecule has 140 valence electrons. The summed E-state index contributed by atoms with van der Waals surface area (Å²) in [6.45, 7) is 0. The molecule has 0 atom stereocenters. The fourth-order valence-corrected chi connectivity index (χ4v) is 3.34. The Bertz CT molecular complexity index is 992. The van der Waals surface area contributed by atoms with Crippen molar-refractivity contribution in [3.63, 3.8) is 0 Å². The highest BCUT2D eigenvalue weighted by Crippen LogP contribution is 2.31. The number of nitrogens with two attached hydrogens (primary N) is 1. The number of carbonyl (C=O) groups excluding carboxylic acids is 1. The van der Waals surface area contributed by atoms with E-state index in [9.17, 15) is 18.0 Å². The Morgan fingerprint density at radius 2 is 2.04 bits per heavy atom. The first kappa shape index (κ1) is 19.1. The van der Waals surface area contributed by atoms with Crippen molar-refractivity contribution in [2.24, 2.45) is 5.73 Å². The van der Waals surface area contributed by atoms with Crippen molar-refractivity contribution in [1.82, 2.24) is 9.97 Å². The van der Waals surface area contributed by atoms with E-state index in [-0.39, 0.29) is 17.5 Å². The lowest BCUT2D eigenvalue weighted by Crippen LogP contribution is -2.19. The third kappa shape index (κ3) is 4.95. The average Bonchev–Trinajstić information content (AvgIpc) is 3.03. The quantitative estimate of drug-likeness (QED) is 0.627. The van der Waals surface area contributed by atoms with Gasteiger partial charge in [0.1, 0.15) is 10.9 Å². The van der Waals surface area contributed by atoms with E-state index in [1.807, 2.05) is 0 Å². The third-order valence-corrected chi connectivity index (χ3v) is 4.54. The highest BCUT2D eigenvalue weighted by Gasteiger charge is 2.32. The molecule has 0 saturated heterocycles. The van der Waals surface area contributed by atoms with Gasteiger partial charge in [-0.25, -0.2) is 9.97 Å². The minimum atomic E-state index is -4.86. The van der Waals surface area contributed by atoms with E-state index < -0.39 is 18.0 Å². The molecule has 1 amide bonds. The van der Waals surface area contributed by atoms with Crippen LogP contribution in [-0.2, 0) is 6.42 Å². The van der Waals surface area contributed by atoms with Crippen LogP contribution in [0.3, 0.4) is 0 Å². The Labute approximate surface area is 160 Å².